The molecule has 0 aliphatic carbocycles. The molecule has 0 spiro atoms. The van der Waals surface area contributed by atoms with Gasteiger partial charge in [-0.2, -0.15) is 0 Å². The van der Waals surface area contributed by atoms with Gasteiger partial charge in [0.1, 0.15) is 17.4 Å². The summed E-state index contributed by atoms with van der Waals surface area (Å²) < 4.78 is 5.80. The third-order valence-electron chi connectivity index (χ3n) is 4.30. The van der Waals surface area contributed by atoms with Gasteiger partial charge < -0.3 is 15.1 Å². The number of rotatable bonds is 6. The predicted octanol–water partition coefficient (Wildman–Crippen LogP) is 3.59. The molecule has 4 nitrogen and oxygen atoms in total. The number of hydrogen-bond donors (Lipinski definition) is 2. The van der Waals surface area contributed by atoms with Crippen LogP contribution in [-0.4, -0.2) is 12.5 Å². The Kier molecular flexibility index (Phi) is 5.41. The van der Waals surface area contributed by atoms with Crippen LogP contribution in [0.4, 0.5) is 0 Å². The van der Waals surface area contributed by atoms with E-state index >= 15 is 0 Å². The lowest BCUT2D eigenvalue weighted by atomic mass is 10.1. The first-order valence-electron chi connectivity index (χ1n) is 8.40. The molecule has 0 fully saturated rings. The fraction of sp³-hybridized carbons (Fsp3) is 0.250. The van der Waals surface area contributed by atoms with E-state index in [2.05, 4.69) is 5.32 Å². The Morgan fingerprint density at radius 3 is 2.64 bits per heavy atom. The highest BCUT2D eigenvalue weighted by molar-refractivity contribution is 6.31. The molecule has 5 heteroatoms. The van der Waals surface area contributed by atoms with Crippen LogP contribution in [0.25, 0.3) is 11.0 Å². The number of carbonyl (C=O) groups is 1. The van der Waals surface area contributed by atoms with Gasteiger partial charge >= 0.3 is 0 Å². The zero-order valence-electron chi connectivity index (χ0n) is 14.3. The minimum Gasteiger partial charge on any atom is -0.459 e. The molecule has 0 saturated carbocycles. The van der Waals surface area contributed by atoms with Crippen molar-refractivity contribution < 1.29 is 14.5 Å². The summed E-state index contributed by atoms with van der Waals surface area (Å²) in [4.78, 5) is 12.2. The Labute approximate surface area is 152 Å². The van der Waals surface area contributed by atoms with E-state index in [0.717, 1.165) is 27.3 Å². The van der Waals surface area contributed by atoms with Crippen LogP contribution in [-0.2, 0) is 4.79 Å². The minimum atomic E-state index is -0.177. The first-order valence-corrected chi connectivity index (χ1v) is 8.78. The predicted molar refractivity (Wildman–Crippen MR) is 99.4 cm³/mol. The van der Waals surface area contributed by atoms with Gasteiger partial charge in [0.2, 0.25) is 0 Å². The summed E-state index contributed by atoms with van der Waals surface area (Å²) in [6, 6.07) is 17.4. The number of nitrogens with one attached hydrogen (secondary N) is 1. The maximum absolute atomic E-state index is 12.2. The Balaban J connectivity index is 1.56. The van der Waals surface area contributed by atoms with Crippen LogP contribution in [0.5, 0.6) is 0 Å². The van der Waals surface area contributed by atoms with Crippen molar-refractivity contribution in [3.05, 3.63) is 70.9 Å². The summed E-state index contributed by atoms with van der Waals surface area (Å²) in [5.74, 6) is 0.723. The number of nitrogens with two attached hydrogens (primary N) is 1. The summed E-state index contributed by atoms with van der Waals surface area (Å²) in [5, 5.41) is 6.72. The van der Waals surface area contributed by atoms with Crippen molar-refractivity contribution in [2.24, 2.45) is 0 Å². The van der Waals surface area contributed by atoms with Crippen LogP contribution >= 0.6 is 11.6 Å². The number of fused-ring (bicyclic) bond motifs is 1. The van der Waals surface area contributed by atoms with Crippen molar-refractivity contribution in [3.8, 4) is 0 Å². The van der Waals surface area contributed by atoms with Crippen molar-refractivity contribution in [1.29, 1.82) is 0 Å². The molecule has 1 amide bonds. The number of quaternary nitrogens is 1. The first-order chi connectivity index (χ1) is 12.0. The smallest absolute Gasteiger partial charge is 0.275 e. The summed E-state index contributed by atoms with van der Waals surface area (Å²) in [7, 11) is 0. The van der Waals surface area contributed by atoms with Crippen molar-refractivity contribution >= 4 is 28.5 Å². The van der Waals surface area contributed by atoms with Crippen LogP contribution in [0, 0.1) is 0 Å². The fourth-order valence-electron chi connectivity index (χ4n) is 2.84. The highest BCUT2D eigenvalue weighted by atomic mass is 35.5. The third-order valence-corrected chi connectivity index (χ3v) is 4.65. The van der Waals surface area contributed by atoms with E-state index in [4.69, 9.17) is 16.0 Å². The van der Waals surface area contributed by atoms with Crippen LogP contribution in [0.2, 0.25) is 5.02 Å². The normalized spacial score (nSPS) is 13.6. The molecule has 25 heavy (non-hydrogen) atoms. The van der Waals surface area contributed by atoms with Gasteiger partial charge in [-0.25, -0.2) is 0 Å². The number of furan rings is 1. The highest BCUT2D eigenvalue weighted by Gasteiger charge is 2.17. The maximum Gasteiger partial charge on any atom is 0.275 e. The van der Waals surface area contributed by atoms with Crippen molar-refractivity contribution in [2.45, 2.75) is 25.9 Å². The van der Waals surface area contributed by atoms with Gasteiger partial charge in [0.15, 0.2) is 6.54 Å². The van der Waals surface area contributed by atoms with E-state index in [1.165, 1.54) is 0 Å². The molecule has 1 heterocycles. The molecule has 0 radical (unpaired) electrons. The quantitative estimate of drug-likeness (QED) is 0.708. The average molecular weight is 358 g/mol. The topological polar surface area (TPSA) is 58.9 Å². The monoisotopic (exact) mass is 357 g/mol. The molecule has 3 aromatic rings. The molecule has 0 bridgehead atoms. The van der Waals surface area contributed by atoms with Crippen LogP contribution in [0.3, 0.4) is 0 Å². The van der Waals surface area contributed by atoms with E-state index in [1.807, 2.05) is 73.8 Å². The molecule has 2 aromatic carbocycles. The molecule has 0 aliphatic heterocycles. The molecule has 2 atom stereocenters. The number of amides is 1. The second-order valence-electron chi connectivity index (χ2n) is 6.23. The Morgan fingerprint density at radius 1 is 1.16 bits per heavy atom. The lowest BCUT2D eigenvalue weighted by Gasteiger charge is -2.14. The number of hydrogen-bond acceptors (Lipinski definition) is 2. The molecule has 130 valence electrons. The number of carbonyl (C=O) groups excluding carboxylic acids is 1. The van der Waals surface area contributed by atoms with E-state index < -0.39 is 0 Å². The summed E-state index contributed by atoms with van der Waals surface area (Å²) >= 11 is 6.20. The largest absolute Gasteiger partial charge is 0.459 e. The first kappa shape index (κ1) is 17.5. The molecule has 0 unspecified atom stereocenters. The molecular formula is C20H22ClN2O2+. The number of halogens is 1. The lowest BCUT2D eigenvalue weighted by Crippen LogP contribution is -2.87. The Bertz CT molecular complexity index is 842. The van der Waals surface area contributed by atoms with Crippen molar-refractivity contribution in [2.75, 3.05) is 6.54 Å². The molecule has 1 aromatic heterocycles. The molecule has 3 rings (SSSR count). The summed E-state index contributed by atoms with van der Waals surface area (Å²) in [6.07, 6.45) is 0. The van der Waals surface area contributed by atoms with E-state index in [1.54, 1.807) is 0 Å². The van der Waals surface area contributed by atoms with E-state index in [-0.39, 0.29) is 18.0 Å². The SMILES string of the molecule is C[C@@H](NC(=O)C[NH2+][C@H](C)c1ccccc1Cl)c1cc2ccccc2o1. The Hall–Kier alpha value is -2.30. The zero-order valence-corrected chi connectivity index (χ0v) is 15.1. The maximum atomic E-state index is 12.2. The summed E-state index contributed by atoms with van der Waals surface area (Å²) in [6.45, 7) is 4.29. The highest BCUT2D eigenvalue weighted by Crippen LogP contribution is 2.23. The molecule has 3 N–H and O–H groups in total. The molecule has 0 saturated heterocycles. The second kappa shape index (κ2) is 7.72. The van der Waals surface area contributed by atoms with Crippen molar-refractivity contribution in [3.63, 3.8) is 0 Å². The average Bonchev–Trinajstić information content (AvgIpc) is 3.04. The Morgan fingerprint density at radius 2 is 1.88 bits per heavy atom. The molecular weight excluding hydrogens is 336 g/mol. The molecule has 0 aliphatic rings. The van der Waals surface area contributed by atoms with Gasteiger partial charge in [0.05, 0.1) is 6.04 Å². The van der Waals surface area contributed by atoms with Gasteiger partial charge in [-0.15, -0.1) is 0 Å². The third kappa shape index (κ3) is 4.21. The fourth-order valence-corrected chi connectivity index (χ4v) is 3.15. The standard InChI is InChI=1S/C20H21ClN2O2/c1-13(16-8-4-5-9-17(16)21)22-12-20(24)23-14(2)19-11-15-7-3-6-10-18(15)25-19/h3-11,13-14,22H,12H2,1-2H3,(H,23,24)/p+1/t13-,14-/m1/s1. The lowest BCUT2D eigenvalue weighted by molar-refractivity contribution is -0.682. The van der Waals surface area contributed by atoms with Crippen LogP contribution < -0.4 is 10.6 Å². The zero-order chi connectivity index (χ0) is 17.8. The van der Waals surface area contributed by atoms with E-state index in [9.17, 15) is 4.79 Å². The number of benzene rings is 2. The van der Waals surface area contributed by atoms with Gasteiger partial charge in [0, 0.05) is 16.0 Å². The van der Waals surface area contributed by atoms with Gasteiger partial charge in [-0.3, -0.25) is 4.79 Å². The number of para-hydroxylation sites is 1. The summed E-state index contributed by atoms with van der Waals surface area (Å²) in [5.41, 5.74) is 1.86. The second-order valence-corrected chi connectivity index (χ2v) is 6.63. The van der Waals surface area contributed by atoms with Gasteiger partial charge in [-0.1, -0.05) is 48.0 Å². The van der Waals surface area contributed by atoms with Crippen LogP contribution in [0.15, 0.2) is 59.0 Å². The minimum absolute atomic E-state index is 0.0353. The van der Waals surface area contributed by atoms with Crippen LogP contribution in [0.1, 0.15) is 37.3 Å². The van der Waals surface area contributed by atoms with E-state index in [0.29, 0.717) is 6.54 Å². The van der Waals surface area contributed by atoms with Crippen molar-refractivity contribution in [1.82, 2.24) is 5.32 Å². The van der Waals surface area contributed by atoms with Gasteiger partial charge in [-0.05, 0) is 32.0 Å². The van der Waals surface area contributed by atoms with Gasteiger partial charge in [0.25, 0.3) is 5.91 Å².